The Hall–Kier alpha value is -1.05. The first kappa shape index (κ1) is 9.04. The normalized spacial score (nSPS) is 11.7. The molecule has 0 spiro atoms. The third-order valence-corrected chi connectivity index (χ3v) is 1.90. The molecule has 0 unspecified atom stereocenters. The Morgan fingerprint density at radius 2 is 1.83 bits per heavy atom. The van der Waals surface area contributed by atoms with E-state index in [0.717, 1.165) is 11.3 Å². The fraction of sp³-hybridized carbons (Fsp3) is 0.500. The van der Waals surface area contributed by atoms with Gasteiger partial charge >= 0.3 is 0 Å². The molecule has 0 aromatic carbocycles. The largest absolute Gasteiger partial charge is 0.383 e. The molecule has 1 aromatic rings. The van der Waals surface area contributed by atoms with Crippen LogP contribution in [-0.4, -0.2) is 4.98 Å². The topological polar surface area (TPSA) is 38.9 Å². The lowest BCUT2D eigenvalue weighted by Gasteiger charge is -2.18. The molecule has 2 N–H and O–H groups in total. The lowest BCUT2D eigenvalue weighted by atomic mass is 9.91. The van der Waals surface area contributed by atoms with Gasteiger partial charge in [0.05, 0.1) is 0 Å². The Labute approximate surface area is 73.8 Å². The van der Waals surface area contributed by atoms with E-state index in [4.69, 9.17) is 5.73 Å². The third kappa shape index (κ3) is 1.76. The van der Waals surface area contributed by atoms with Crippen molar-refractivity contribution < 1.29 is 0 Å². The number of anilines is 1. The van der Waals surface area contributed by atoms with E-state index in [1.807, 2.05) is 19.1 Å². The van der Waals surface area contributed by atoms with Gasteiger partial charge in [0.2, 0.25) is 0 Å². The Morgan fingerprint density at radius 3 is 2.25 bits per heavy atom. The smallest absolute Gasteiger partial charge is 0.126 e. The Kier molecular flexibility index (Phi) is 2.09. The van der Waals surface area contributed by atoms with E-state index < -0.39 is 0 Å². The van der Waals surface area contributed by atoms with Gasteiger partial charge in [-0.25, -0.2) is 4.98 Å². The van der Waals surface area contributed by atoms with E-state index in [2.05, 4.69) is 25.8 Å². The van der Waals surface area contributed by atoms with Gasteiger partial charge in [-0.2, -0.15) is 0 Å². The van der Waals surface area contributed by atoms with Gasteiger partial charge in [0.15, 0.2) is 0 Å². The van der Waals surface area contributed by atoms with Crippen LogP contribution in [0.25, 0.3) is 0 Å². The standard InChI is InChI=1S/C10H16N2/c1-7-5-6-8(10(2,3)4)12-9(7)11/h5-6H,1-4H3,(H2,11,12). The van der Waals surface area contributed by atoms with Crippen LogP contribution in [0.15, 0.2) is 12.1 Å². The highest BCUT2D eigenvalue weighted by molar-refractivity contribution is 5.40. The number of aryl methyl sites for hydroxylation is 1. The Bertz CT molecular complexity index is 284. The van der Waals surface area contributed by atoms with Crippen molar-refractivity contribution in [2.24, 2.45) is 0 Å². The average Bonchev–Trinajstić information content (AvgIpc) is 1.92. The molecule has 0 fully saturated rings. The fourth-order valence-corrected chi connectivity index (χ4v) is 0.962. The van der Waals surface area contributed by atoms with Crippen LogP contribution >= 0.6 is 0 Å². The zero-order valence-electron chi connectivity index (χ0n) is 8.18. The molecule has 0 saturated heterocycles. The summed E-state index contributed by atoms with van der Waals surface area (Å²) in [5, 5.41) is 0. The second-order valence-corrected chi connectivity index (χ2v) is 4.15. The summed E-state index contributed by atoms with van der Waals surface area (Å²) < 4.78 is 0. The molecule has 1 rings (SSSR count). The van der Waals surface area contributed by atoms with Crippen LogP contribution < -0.4 is 5.73 Å². The van der Waals surface area contributed by atoms with Gasteiger partial charge in [-0.15, -0.1) is 0 Å². The van der Waals surface area contributed by atoms with Crippen molar-refractivity contribution in [3.05, 3.63) is 23.4 Å². The lowest BCUT2D eigenvalue weighted by molar-refractivity contribution is 0.569. The molecule has 0 atom stereocenters. The molecule has 0 radical (unpaired) electrons. The van der Waals surface area contributed by atoms with Crippen molar-refractivity contribution in [2.75, 3.05) is 5.73 Å². The summed E-state index contributed by atoms with van der Waals surface area (Å²) in [6.45, 7) is 8.35. The minimum Gasteiger partial charge on any atom is -0.383 e. The first-order valence-electron chi connectivity index (χ1n) is 4.15. The number of nitrogen functional groups attached to an aromatic ring is 1. The van der Waals surface area contributed by atoms with E-state index in [0.29, 0.717) is 5.82 Å². The van der Waals surface area contributed by atoms with Gasteiger partial charge in [-0.1, -0.05) is 26.8 Å². The van der Waals surface area contributed by atoms with E-state index in [1.54, 1.807) is 0 Å². The maximum atomic E-state index is 5.71. The molecule has 12 heavy (non-hydrogen) atoms. The molecule has 0 aliphatic rings. The summed E-state index contributed by atoms with van der Waals surface area (Å²) in [6.07, 6.45) is 0. The summed E-state index contributed by atoms with van der Waals surface area (Å²) in [5.41, 5.74) is 7.88. The summed E-state index contributed by atoms with van der Waals surface area (Å²) in [7, 11) is 0. The first-order valence-corrected chi connectivity index (χ1v) is 4.15. The van der Waals surface area contributed by atoms with Gasteiger partial charge < -0.3 is 5.73 Å². The highest BCUT2D eigenvalue weighted by atomic mass is 14.9. The minimum absolute atomic E-state index is 0.0851. The number of rotatable bonds is 0. The van der Waals surface area contributed by atoms with Gasteiger partial charge in [-0.05, 0) is 18.6 Å². The fourth-order valence-electron chi connectivity index (χ4n) is 0.962. The molecule has 0 aliphatic heterocycles. The van der Waals surface area contributed by atoms with Gasteiger partial charge in [0.25, 0.3) is 0 Å². The van der Waals surface area contributed by atoms with Crippen molar-refractivity contribution in [3.63, 3.8) is 0 Å². The molecule has 0 aliphatic carbocycles. The number of hydrogen-bond acceptors (Lipinski definition) is 2. The predicted molar refractivity (Wildman–Crippen MR) is 52.1 cm³/mol. The monoisotopic (exact) mass is 164 g/mol. The van der Waals surface area contributed by atoms with Crippen LogP contribution in [0.2, 0.25) is 0 Å². The van der Waals surface area contributed by atoms with Crippen LogP contribution in [0.1, 0.15) is 32.0 Å². The van der Waals surface area contributed by atoms with Crippen LogP contribution in [-0.2, 0) is 5.41 Å². The summed E-state index contributed by atoms with van der Waals surface area (Å²) in [5.74, 6) is 0.641. The molecule has 2 heteroatoms. The van der Waals surface area contributed by atoms with E-state index >= 15 is 0 Å². The first-order chi connectivity index (χ1) is 5.41. The van der Waals surface area contributed by atoms with E-state index in [-0.39, 0.29) is 5.41 Å². The Balaban J connectivity index is 3.14. The highest BCUT2D eigenvalue weighted by Gasteiger charge is 2.15. The van der Waals surface area contributed by atoms with Crippen molar-refractivity contribution in [1.82, 2.24) is 4.98 Å². The van der Waals surface area contributed by atoms with Gasteiger partial charge in [0.1, 0.15) is 5.82 Å². The van der Waals surface area contributed by atoms with Gasteiger partial charge in [0, 0.05) is 11.1 Å². The molecule has 0 amide bonds. The summed E-state index contributed by atoms with van der Waals surface area (Å²) >= 11 is 0. The molecule has 1 aromatic heterocycles. The van der Waals surface area contributed by atoms with E-state index in [1.165, 1.54) is 0 Å². The molecule has 0 bridgehead atoms. The molecule has 2 nitrogen and oxygen atoms in total. The van der Waals surface area contributed by atoms with Crippen molar-refractivity contribution in [1.29, 1.82) is 0 Å². The molecule has 66 valence electrons. The number of nitrogens with two attached hydrogens (primary N) is 1. The third-order valence-electron chi connectivity index (χ3n) is 1.90. The number of aromatic nitrogens is 1. The van der Waals surface area contributed by atoms with Gasteiger partial charge in [-0.3, -0.25) is 0 Å². The van der Waals surface area contributed by atoms with E-state index in [9.17, 15) is 0 Å². The van der Waals surface area contributed by atoms with Crippen molar-refractivity contribution in [3.8, 4) is 0 Å². The zero-order valence-corrected chi connectivity index (χ0v) is 8.18. The maximum Gasteiger partial charge on any atom is 0.126 e. The second kappa shape index (κ2) is 2.77. The second-order valence-electron chi connectivity index (χ2n) is 4.15. The molecule has 0 saturated carbocycles. The minimum atomic E-state index is 0.0851. The van der Waals surface area contributed by atoms with Crippen LogP contribution in [0, 0.1) is 6.92 Å². The summed E-state index contributed by atoms with van der Waals surface area (Å²) in [4.78, 5) is 4.32. The SMILES string of the molecule is Cc1ccc(C(C)(C)C)nc1N. The molecular formula is C10H16N2. The van der Waals surface area contributed by atoms with Crippen molar-refractivity contribution in [2.45, 2.75) is 33.1 Å². The number of hydrogen-bond donors (Lipinski definition) is 1. The lowest BCUT2D eigenvalue weighted by Crippen LogP contribution is -2.14. The molecular weight excluding hydrogens is 148 g/mol. The maximum absolute atomic E-state index is 5.71. The predicted octanol–water partition coefficient (Wildman–Crippen LogP) is 2.27. The van der Waals surface area contributed by atoms with Crippen LogP contribution in [0.3, 0.4) is 0 Å². The van der Waals surface area contributed by atoms with Crippen LogP contribution in [0.4, 0.5) is 5.82 Å². The van der Waals surface area contributed by atoms with Crippen LogP contribution in [0.5, 0.6) is 0 Å². The average molecular weight is 164 g/mol. The highest BCUT2D eigenvalue weighted by Crippen LogP contribution is 2.21. The quantitative estimate of drug-likeness (QED) is 0.638. The molecule has 1 heterocycles. The number of nitrogens with zero attached hydrogens (tertiary/aromatic N) is 1. The number of pyridine rings is 1. The zero-order chi connectivity index (χ0) is 9.35. The Morgan fingerprint density at radius 1 is 1.25 bits per heavy atom. The summed E-state index contributed by atoms with van der Waals surface area (Å²) in [6, 6.07) is 4.05. The van der Waals surface area contributed by atoms with Crippen molar-refractivity contribution >= 4 is 5.82 Å².